The molecule has 0 bridgehead atoms. The molecule has 0 spiro atoms. The zero-order valence-electron chi connectivity index (χ0n) is 19.6. The van der Waals surface area contributed by atoms with Gasteiger partial charge < -0.3 is 18.9 Å². The molecule has 1 unspecified atom stereocenters. The summed E-state index contributed by atoms with van der Waals surface area (Å²) in [6.07, 6.45) is 0.347. The second-order valence-corrected chi connectivity index (χ2v) is 7.88. The molecule has 5 nitrogen and oxygen atoms in total. The molecule has 0 N–H and O–H groups in total. The lowest BCUT2D eigenvalue weighted by atomic mass is 9.98. The van der Waals surface area contributed by atoms with Gasteiger partial charge in [-0.25, -0.2) is 0 Å². The van der Waals surface area contributed by atoms with Crippen LogP contribution in [0.25, 0.3) is 11.1 Å². The van der Waals surface area contributed by atoms with Gasteiger partial charge >= 0.3 is 0 Å². The highest BCUT2D eigenvalue weighted by Gasteiger charge is 2.21. The molecule has 4 aromatic rings. The van der Waals surface area contributed by atoms with Crippen molar-refractivity contribution in [1.82, 2.24) is 0 Å². The Hall–Kier alpha value is -3.93. The number of hydrogen-bond donors (Lipinski definition) is 0. The second-order valence-electron chi connectivity index (χ2n) is 7.88. The smallest absolute Gasteiger partial charge is 0.152 e. The first-order valence-electron chi connectivity index (χ1n) is 11.4. The van der Waals surface area contributed by atoms with Crippen LogP contribution in [0.2, 0.25) is 0 Å². The van der Waals surface area contributed by atoms with Gasteiger partial charge in [0.25, 0.3) is 0 Å². The Kier molecular flexibility index (Phi) is 8.65. The SMILES string of the molecule is COCOCCOc1ccc(C=O)cc1C(Oc1ccc(-c2ccccc2)cc1)c1ccccc1. The fraction of sp³-hybridized carbons (Fsp3) is 0.167. The summed E-state index contributed by atoms with van der Waals surface area (Å²) >= 11 is 0. The number of benzene rings is 4. The van der Waals surface area contributed by atoms with Gasteiger partial charge in [0, 0.05) is 18.2 Å². The maximum atomic E-state index is 11.6. The van der Waals surface area contributed by atoms with E-state index in [1.165, 1.54) is 0 Å². The summed E-state index contributed by atoms with van der Waals surface area (Å²) in [4.78, 5) is 11.6. The molecule has 0 fully saturated rings. The summed E-state index contributed by atoms with van der Waals surface area (Å²) in [5, 5.41) is 0. The summed E-state index contributed by atoms with van der Waals surface area (Å²) in [7, 11) is 1.57. The average molecular weight is 469 g/mol. The van der Waals surface area contributed by atoms with E-state index in [9.17, 15) is 4.79 Å². The zero-order valence-corrected chi connectivity index (χ0v) is 19.6. The number of methoxy groups -OCH3 is 1. The molecule has 35 heavy (non-hydrogen) atoms. The zero-order chi connectivity index (χ0) is 24.3. The highest BCUT2D eigenvalue weighted by atomic mass is 16.7. The molecule has 0 heterocycles. The Morgan fingerprint density at radius 1 is 0.771 bits per heavy atom. The second kappa shape index (κ2) is 12.5. The van der Waals surface area contributed by atoms with Crippen LogP contribution in [-0.4, -0.2) is 33.4 Å². The van der Waals surface area contributed by atoms with Crippen LogP contribution in [0.4, 0.5) is 0 Å². The van der Waals surface area contributed by atoms with Crippen LogP contribution in [0.15, 0.2) is 103 Å². The van der Waals surface area contributed by atoms with Crippen LogP contribution in [0.5, 0.6) is 11.5 Å². The number of aldehydes is 1. The monoisotopic (exact) mass is 468 g/mol. The predicted molar refractivity (Wildman–Crippen MR) is 136 cm³/mol. The minimum Gasteiger partial charge on any atom is -0.491 e. The third-order valence-electron chi connectivity index (χ3n) is 5.46. The van der Waals surface area contributed by atoms with Gasteiger partial charge in [0.15, 0.2) is 6.10 Å². The summed E-state index contributed by atoms with van der Waals surface area (Å²) in [5.41, 5.74) is 4.51. The highest BCUT2D eigenvalue weighted by molar-refractivity contribution is 5.76. The lowest BCUT2D eigenvalue weighted by Gasteiger charge is -2.23. The van der Waals surface area contributed by atoms with Crippen molar-refractivity contribution >= 4 is 6.29 Å². The lowest BCUT2D eigenvalue weighted by Crippen LogP contribution is -2.14. The van der Waals surface area contributed by atoms with Gasteiger partial charge in [-0.1, -0.05) is 72.8 Å². The van der Waals surface area contributed by atoms with Crippen molar-refractivity contribution in [3.63, 3.8) is 0 Å². The fourth-order valence-corrected chi connectivity index (χ4v) is 3.76. The molecular weight excluding hydrogens is 440 g/mol. The molecule has 0 amide bonds. The van der Waals surface area contributed by atoms with E-state index in [1.54, 1.807) is 19.2 Å². The minimum atomic E-state index is -0.478. The van der Waals surface area contributed by atoms with Crippen molar-refractivity contribution in [2.45, 2.75) is 6.10 Å². The molecule has 178 valence electrons. The number of ether oxygens (including phenoxy) is 4. The van der Waals surface area contributed by atoms with E-state index in [4.69, 9.17) is 18.9 Å². The van der Waals surface area contributed by atoms with Crippen LogP contribution >= 0.6 is 0 Å². The predicted octanol–water partition coefficient (Wildman–Crippen LogP) is 6.33. The summed E-state index contributed by atoms with van der Waals surface area (Å²) < 4.78 is 22.8. The maximum absolute atomic E-state index is 11.6. The first kappa shape index (κ1) is 24.2. The molecule has 0 radical (unpaired) electrons. The quantitative estimate of drug-likeness (QED) is 0.138. The van der Waals surface area contributed by atoms with Crippen molar-refractivity contribution < 1.29 is 23.7 Å². The molecule has 0 aliphatic rings. The lowest BCUT2D eigenvalue weighted by molar-refractivity contribution is -0.0389. The van der Waals surface area contributed by atoms with Gasteiger partial charge in [0.05, 0.1) is 6.61 Å². The number of carbonyl (C=O) groups is 1. The van der Waals surface area contributed by atoms with E-state index in [2.05, 4.69) is 12.1 Å². The van der Waals surface area contributed by atoms with Crippen molar-refractivity contribution in [2.75, 3.05) is 27.1 Å². The van der Waals surface area contributed by atoms with Crippen LogP contribution < -0.4 is 9.47 Å². The van der Waals surface area contributed by atoms with E-state index in [-0.39, 0.29) is 6.79 Å². The topological polar surface area (TPSA) is 54.0 Å². The van der Waals surface area contributed by atoms with Crippen LogP contribution in [0.3, 0.4) is 0 Å². The fourth-order valence-electron chi connectivity index (χ4n) is 3.76. The van der Waals surface area contributed by atoms with Crippen molar-refractivity contribution in [3.05, 3.63) is 120 Å². The molecular formula is C30H28O5. The molecule has 0 saturated carbocycles. The summed E-state index contributed by atoms with van der Waals surface area (Å²) in [6.45, 7) is 0.916. The van der Waals surface area contributed by atoms with Gasteiger partial charge in [-0.05, 0) is 47.0 Å². The molecule has 1 atom stereocenters. The van der Waals surface area contributed by atoms with Gasteiger partial charge in [-0.3, -0.25) is 4.79 Å². The van der Waals surface area contributed by atoms with Gasteiger partial charge in [-0.2, -0.15) is 0 Å². The maximum Gasteiger partial charge on any atom is 0.152 e. The highest BCUT2D eigenvalue weighted by Crippen LogP contribution is 2.35. The molecule has 0 aliphatic carbocycles. The first-order chi connectivity index (χ1) is 17.3. The van der Waals surface area contributed by atoms with Gasteiger partial charge in [0.1, 0.15) is 31.2 Å². The Labute approximate surface area is 205 Å². The molecule has 4 aromatic carbocycles. The largest absolute Gasteiger partial charge is 0.491 e. The molecule has 0 saturated heterocycles. The van der Waals surface area contributed by atoms with E-state index < -0.39 is 6.10 Å². The van der Waals surface area contributed by atoms with Crippen molar-refractivity contribution in [1.29, 1.82) is 0 Å². The average Bonchev–Trinajstić information content (AvgIpc) is 2.93. The Balaban J connectivity index is 1.63. The normalized spacial score (nSPS) is 11.6. The summed E-state index contributed by atoms with van der Waals surface area (Å²) in [6, 6.07) is 33.4. The van der Waals surface area contributed by atoms with Crippen molar-refractivity contribution in [2.24, 2.45) is 0 Å². The van der Waals surface area contributed by atoms with E-state index in [1.807, 2.05) is 78.9 Å². The third kappa shape index (κ3) is 6.57. The molecule has 4 rings (SSSR count). The van der Waals surface area contributed by atoms with E-state index >= 15 is 0 Å². The Morgan fingerprint density at radius 2 is 1.46 bits per heavy atom. The van der Waals surface area contributed by atoms with E-state index in [0.29, 0.717) is 30.3 Å². The first-order valence-corrected chi connectivity index (χ1v) is 11.4. The Bertz CT molecular complexity index is 1190. The standard InChI is InChI=1S/C30H28O5/c1-32-22-33-18-19-34-29-17-12-23(21-31)20-28(29)30(26-10-6-3-7-11-26)35-27-15-13-25(14-16-27)24-8-4-2-5-9-24/h2-17,20-21,30H,18-19,22H2,1H3. The number of rotatable bonds is 12. The Morgan fingerprint density at radius 3 is 2.14 bits per heavy atom. The third-order valence-corrected chi connectivity index (χ3v) is 5.46. The minimum absolute atomic E-state index is 0.203. The number of carbonyl (C=O) groups excluding carboxylic acids is 1. The van der Waals surface area contributed by atoms with Gasteiger partial charge in [0.2, 0.25) is 0 Å². The van der Waals surface area contributed by atoms with Gasteiger partial charge in [-0.15, -0.1) is 0 Å². The molecule has 5 heteroatoms. The van der Waals surface area contributed by atoms with Crippen molar-refractivity contribution in [3.8, 4) is 22.6 Å². The number of hydrogen-bond acceptors (Lipinski definition) is 5. The summed E-state index contributed by atoms with van der Waals surface area (Å²) in [5.74, 6) is 1.34. The van der Waals surface area contributed by atoms with E-state index in [0.717, 1.165) is 28.5 Å². The van der Waals surface area contributed by atoms with Crippen LogP contribution in [0.1, 0.15) is 27.6 Å². The van der Waals surface area contributed by atoms with Crippen LogP contribution in [0, 0.1) is 0 Å². The molecule has 0 aromatic heterocycles. The van der Waals surface area contributed by atoms with Crippen LogP contribution in [-0.2, 0) is 9.47 Å². The molecule has 0 aliphatic heterocycles.